The zero-order chi connectivity index (χ0) is 11.5. The summed E-state index contributed by atoms with van der Waals surface area (Å²) in [5.41, 5.74) is 1.03. The van der Waals surface area contributed by atoms with Crippen LogP contribution < -0.4 is 5.32 Å². The number of carboxylic acid groups (broad SMARTS) is 1. The van der Waals surface area contributed by atoms with Gasteiger partial charge in [0.2, 0.25) is 0 Å². The molecule has 0 aliphatic carbocycles. The summed E-state index contributed by atoms with van der Waals surface area (Å²) in [5.74, 6) is -0.879. The van der Waals surface area contributed by atoms with E-state index in [1.807, 2.05) is 24.3 Å². The summed E-state index contributed by atoms with van der Waals surface area (Å²) in [4.78, 5) is 11.0. The molecule has 1 aromatic rings. The fourth-order valence-electron chi connectivity index (χ4n) is 2.18. The number of benzene rings is 1. The molecule has 3 nitrogen and oxygen atoms in total. The van der Waals surface area contributed by atoms with Crippen molar-refractivity contribution < 1.29 is 9.90 Å². The summed E-state index contributed by atoms with van der Waals surface area (Å²) in [6.45, 7) is 1.31. The highest BCUT2D eigenvalue weighted by Crippen LogP contribution is 2.25. The highest BCUT2D eigenvalue weighted by atomic mass is 35.5. The average molecular weight is 240 g/mol. The van der Waals surface area contributed by atoms with Crippen molar-refractivity contribution in [3.8, 4) is 0 Å². The molecule has 1 saturated heterocycles. The Morgan fingerprint density at radius 3 is 2.88 bits per heavy atom. The Kier molecular flexibility index (Phi) is 3.46. The molecule has 86 valence electrons. The predicted molar refractivity (Wildman–Crippen MR) is 62.6 cm³/mol. The molecule has 4 heteroatoms. The Balaban J connectivity index is 2.10. The van der Waals surface area contributed by atoms with Crippen molar-refractivity contribution in [3.63, 3.8) is 0 Å². The Hall–Kier alpha value is -1.06. The molecule has 1 heterocycles. The van der Waals surface area contributed by atoms with Gasteiger partial charge in [0.25, 0.3) is 0 Å². The summed E-state index contributed by atoms with van der Waals surface area (Å²) in [6.07, 6.45) is 0.726. The molecule has 2 rings (SSSR count). The van der Waals surface area contributed by atoms with Crippen molar-refractivity contribution in [1.82, 2.24) is 5.32 Å². The Bertz CT molecular complexity index is 394. The lowest BCUT2D eigenvalue weighted by Gasteiger charge is -2.15. The van der Waals surface area contributed by atoms with Crippen LogP contribution in [0.5, 0.6) is 0 Å². The molecule has 0 radical (unpaired) electrons. The summed E-state index contributed by atoms with van der Waals surface area (Å²) >= 11 is 6.06. The molecular formula is C12H14ClNO2. The van der Waals surface area contributed by atoms with Crippen LogP contribution in [0.25, 0.3) is 0 Å². The van der Waals surface area contributed by atoms with Gasteiger partial charge in [-0.25, -0.2) is 0 Å². The Morgan fingerprint density at radius 1 is 1.44 bits per heavy atom. The topological polar surface area (TPSA) is 49.3 Å². The number of nitrogens with one attached hydrogen (secondary N) is 1. The molecule has 1 aliphatic rings. The van der Waals surface area contributed by atoms with E-state index in [2.05, 4.69) is 5.32 Å². The van der Waals surface area contributed by atoms with Gasteiger partial charge in [-0.1, -0.05) is 29.8 Å². The molecule has 0 bridgehead atoms. The quantitative estimate of drug-likeness (QED) is 0.846. The minimum Gasteiger partial charge on any atom is -0.481 e. The van der Waals surface area contributed by atoms with Crippen molar-refractivity contribution in [2.24, 2.45) is 11.8 Å². The summed E-state index contributed by atoms with van der Waals surface area (Å²) in [7, 11) is 0. The maximum atomic E-state index is 11.0. The van der Waals surface area contributed by atoms with Crippen molar-refractivity contribution in [3.05, 3.63) is 34.9 Å². The molecule has 1 aliphatic heterocycles. The molecule has 0 saturated carbocycles. The van der Waals surface area contributed by atoms with E-state index in [1.165, 1.54) is 0 Å². The highest BCUT2D eigenvalue weighted by Gasteiger charge is 2.32. The second-order valence-corrected chi connectivity index (χ2v) is 4.57. The lowest BCUT2D eigenvalue weighted by Crippen LogP contribution is -2.23. The van der Waals surface area contributed by atoms with Crippen molar-refractivity contribution in [2.45, 2.75) is 6.42 Å². The number of rotatable bonds is 3. The first kappa shape index (κ1) is 11.4. The van der Waals surface area contributed by atoms with Crippen LogP contribution in [0.4, 0.5) is 0 Å². The van der Waals surface area contributed by atoms with Crippen LogP contribution in [0, 0.1) is 11.8 Å². The van der Waals surface area contributed by atoms with Gasteiger partial charge in [0.15, 0.2) is 0 Å². The number of halogens is 1. The summed E-state index contributed by atoms with van der Waals surface area (Å²) in [5, 5.41) is 12.9. The summed E-state index contributed by atoms with van der Waals surface area (Å²) in [6, 6.07) is 7.61. The van der Waals surface area contributed by atoms with Crippen LogP contribution in [0.3, 0.4) is 0 Å². The van der Waals surface area contributed by atoms with Crippen molar-refractivity contribution in [1.29, 1.82) is 0 Å². The zero-order valence-corrected chi connectivity index (χ0v) is 9.57. The third-order valence-corrected chi connectivity index (χ3v) is 3.47. The monoisotopic (exact) mass is 239 g/mol. The van der Waals surface area contributed by atoms with Crippen LogP contribution in [0.1, 0.15) is 5.56 Å². The van der Waals surface area contributed by atoms with Gasteiger partial charge in [-0.3, -0.25) is 4.79 Å². The Morgan fingerprint density at radius 2 is 2.19 bits per heavy atom. The van der Waals surface area contributed by atoms with Gasteiger partial charge in [-0.05, 0) is 30.5 Å². The zero-order valence-electron chi connectivity index (χ0n) is 8.82. The van der Waals surface area contributed by atoms with Crippen LogP contribution in [-0.4, -0.2) is 24.2 Å². The first-order valence-corrected chi connectivity index (χ1v) is 5.73. The molecule has 0 amide bonds. The first-order valence-electron chi connectivity index (χ1n) is 5.35. The number of aliphatic carboxylic acids is 1. The van der Waals surface area contributed by atoms with E-state index in [0.29, 0.717) is 6.54 Å². The van der Waals surface area contributed by atoms with E-state index in [0.717, 1.165) is 23.6 Å². The SMILES string of the molecule is O=C(O)C1CNCC1Cc1ccccc1Cl. The van der Waals surface area contributed by atoms with E-state index in [-0.39, 0.29) is 11.8 Å². The predicted octanol–water partition coefficient (Wildman–Crippen LogP) is 1.80. The smallest absolute Gasteiger partial charge is 0.308 e. The number of hydrogen-bond acceptors (Lipinski definition) is 2. The third kappa shape index (κ3) is 2.36. The first-order chi connectivity index (χ1) is 7.68. The maximum Gasteiger partial charge on any atom is 0.308 e. The van der Waals surface area contributed by atoms with E-state index >= 15 is 0 Å². The van der Waals surface area contributed by atoms with Crippen LogP contribution in [-0.2, 0) is 11.2 Å². The van der Waals surface area contributed by atoms with Gasteiger partial charge in [-0.2, -0.15) is 0 Å². The largest absolute Gasteiger partial charge is 0.481 e. The third-order valence-electron chi connectivity index (χ3n) is 3.10. The molecule has 2 unspecified atom stereocenters. The van der Waals surface area contributed by atoms with Gasteiger partial charge in [-0.15, -0.1) is 0 Å². The van der Waals surface area contributed by atoms with Crippen molar-refractivity contribution in [2.75, 3.05) is 13.1 Å². The van der Waals surface area contributed by atoms with E-state index in [4.69, 9.17) is 16.7 Å². The van der Waals surface area contributed by atoms with E-state index in [1.54, 1.807) is 0 Å². The lowest BCUT2D eigenvalue weighted by atomic mass is 9.90. The van der Waals surface area contributed by atoms with Gasteiger partial charge >= 0.3 is 5.97 Å². The minimum atomic E-state index is -0.720. The molecule has 2 atom stereocenters. The van der Waals surface area contributed by atoms with Crippen LogP contribution >= 0.6 is 11.6 Å². The fourth-order valence-corrected chi connectivity index (χ4v) is 2.40. The number of carbonyl (C=O) groups is 1. The number of carboxylic acids is 1. The normalized spacial score (nSPS) is 24.6. The molecule has 16 heavy (non-hydrogen) atoms. The van der Waals surface area contributed by atoms with E-state index < -0.39 is 5.97 Å². The highest BCUT2D eigenvalue weighted by molar-refractivity contribution is 6.31. The molecule has 2 N–H and O–H groups in total. The lowest BCUT2D eigenvalue weighted by molar-refractivity contribution is -0.142. The molecule has 0 aromatic heterocycles. The van der Waals surface area contributed by atoms with Crippen LogP contribution in [0.2, 0.25) is 5.02 Å². The van der Waals surface area contributed by atoms with Gasteiger partial charge in [0.05, 0.1) is 5.92 Å². The van der Waals surface area contributed by atoms with E-state index in [9.17, 15) is 4.79 Å². The van der Waals surface area contributed by atoms with Gasteiger partial charge < -0.3 is 10.4 Å². The fraction of sp³-hybridized carbons (Fsp3) is 0.417. The standard InChI is InChI=1S/C12H14ClNO2/c13-11-4-2-1-3-8(11)5-9-6-14-7-10(9)12(15)16/h1-4,9-10,14H,5-7H2,(H,15,16). The second kappa shape index (κ2) is 4.85. The molecule has 1 aromatic carbocycles. The Labute approximate surface area is 99.4 Å². The molecule has 0 spiro atoms. The summed E-state index contributed by atoms with van der Waals surface area (Å²) < 4.78 is 0. The van der Waals surface area contributed by atoms with Gasteiger partial charge in [0, 0.05) is 11.6 Å². The minimum absolute atomic E-state index is 0.136. The second-order valence-electron chi connectivity index (χ2n) is 4.16. The van der Waals surface area contributed by atoms with Crippen molar-refractivity contribution >= 4 is 17.6 Å². The maximum absolute atomic E-state index is 11.0. The molecular weight excluding hydrogens is 226 g/mol. The average Bonchev–Trinajstić information content (AvgIpc) is 2.69. The van der Waals surface area contributed by atoms with Crippen LogP contribution in [0.15, 0.2) is 24.3 Å². The number of hydrogen-bond donors (Lipinski definition) is 2. The van der Waals surface area contributed by atoms with Gasteiger partial charge in [0.1, 0.15) is 0 Å². The molecule has 1 fully saturated rings.